The number of carbonyl (C=O) groups is 1. The van der Waals surface area contributed by atoms with E-state index in [1.165, 1.54) is 30.3 Å². The van der Waals surface area contributed by atoms with Crippen LogP contribution in [-0.4, -0.2) is 56.7 Å². The number of aromatic nitrogens is 5. The summed E-state index contributed by atoms with van der Waals surface area (Å²) in [5, 5.41) is 20.7. The van der Waals surface area contributed by atoms with Crippen LogP contribution in [0.3, 0.4) is 0 Å². The minimum Gasteiger partial charge on any atom is -0.465 e. The van der Waals surface area contributed by atoms with E-state index in [9.17, 15) is 18.7 Å². The lowest BCUT2D eigenvalue weighted by molar-refractivity contribution is 0.186. The van der Waals surface area contributed by atoms with E-state index < -0.39 is 17.7 Å². The largest absolute Gasteiger partial charge is 0.465 e. The van der Waals surface area contributed by atoms with Gasteiger partial charge in [0.05, 0.1) is 18.7 Å². The number of ether oxygens (including phenoxy) is 1. The molecule has 0 fully saturated rings. The number of methoxy groups -OCH3 is 1. The van der Waals surface area contributed by atoms with Gasteiger partial charge in [-0.1, -0.05) is 18.2 Å². The van der Waals surface area contributed by atoms with Crippen LogP contribution in [0.5, 0.6) is 0 Å². The summed E-state index contributed by atoms with van der Waals surface area (Å²) >= 11 is 0. The van der Waals surface area contributed by atoms with Gasteiger partial charge in [-0.2, -0.15) is 4.68 Å². The topological polar surface area (TPSA) is 132 Å². The molecule has 34 heavy (non-hydrogen) atoms. The monoisotopic (exact) mass is 467 g/mol. The molecule has 0 aliphatic heterocycles. The first-order valence-corrected chi connectivity index (χ1v) is 9.99. The quantitative estimate of drug-likeness (QED) is 0.423. The zero-order chi connectivity index (χ0) is 24.2. The molecule has 0 radical (unpaired) electrons. The molecule has 4 aromatic rings. The van der Waals surface area contributed by atoms with Crippen LogP contribution in [0, 0.1) is 11.6 Å². The lowest BCUT2D eigenvalue weighted by Crippen LogP contribution is -2.32. The molecule has 0 saturated carbocycles. The van der Waals surface area contributed by atoms with Crippen molar-refractivity contribution in [1.29, 1.82) is 0 Å². The molecule has 0 aliphatic carbocycles. The number of rotatable bonds is 7. The Kier molecular flexibility index (Phi) is 6.41. The third-order valence-electron chi connectivity index (χ3n) is 5.05. The second kappa shape index (κ2) is 9.58. The van der Waals surface area contributed by atoms with Crippen molar-refractivity contribution in [3.63, 3.8) is 0 Å². The number of benzene rings is 2. The van der Waals surface area contributed by atoms with E-state index in [4.69, 9.17) is 10.5 Å². The van der Waals surface area contributed by atoms with Gasteiger partial charge in [0, 0.05) is 24.6 Å². The Hall–Kier alpha value is -4.45. The fourth-order valence-corrected chi connectivity index (χ4v) is 3.34. The van der Waals surface area contributed by atoms with Crippen LogP contribution in [0.1, 0.15) is 0 Å². The SMILES string of the molecule is COCCN(C(=O)O)c1ccc(-c2cnc(N)c(-c3nnnn3-c3cccc(F)c3F)c2)cc1. The Morgan fingerprint density at radius 1 is 1.18 bits per heavy atom. The molecule has 4 rings (SSSR count). The number of nitrogen functional groups attached to an aromatic ring is 1. The number of nitrogens with zero attached hydrogens (tertiary/aromatic N) is 6. The predicted octanol–water partition coefficient (Wildman–Crippen LogP) is 3.38. The highest BCUT2D eigenvalue weighted by atomic mass is 19.2. The lowest BCUT2D eigenvalue weighted by atomic mass is 10.0. The number of nitrogens with two attached hydrogens (primary N) is 1. The van der Waals surface area contributed by atoms with E-state index in [1.54, 1.807) is 30.3 Å². The van der Waals surface area contributed by atoms with E-state index in [-0.39, 0.29) is 30.5 Å². The van der Waals surface area contributed by atoms with E-state index in [2.05, 4.69) is 20.5 Å². The van der Waals surface area contributed by atoms with Gasteiger partial charge in [-0.05, 0) is 46.3 Å². The minimum absolute atomic E-state index is 0.0737. The van der Waals surface area contributed by atoms with Crippen LogP contribution in [-0.2, 0) is 4.74 Å². The Morgan fingerprint density at radius 3 is 2.65 bits per heavy atom. The van der Waals surface area contributed by atoms with Crippen molar-refractivity contribution < 1.29 is 23.4 Å². The van der Waals surface area contributed by atoms with Gasteiger partial charge in [0.15, 0.2) is 17.5 Å². The molecule has 2 aromatic heterocycles. The van der Waals surface area contributed by atoms with Crippen LogP contribution in [0.25, 0.3) is 28.2 Å². The number of hydrogen-bond donors (Lipinski definition) is 2. The molecule has 174 valence electrons. The maximum absolute atomic E-state index is 14.4. The number of hydrogen-bond acceptors (Lipinski definition) is 7. The highest BCUT2D eigenvalue weighted by Gasteiger charge is 2.20. The smallest absolute Gasteiger partial charge is 0.411 e. The van der Waals surface area contributed by atoms with E-state index in [1.807, 2.05) is 0 Å². The molecular formula is C22H19F2N7O3. The lowest BCUT2D eigenvalue weighted by Gasteiger charge is -2.19. The maximum atomic E-state index is 14.4. The van der Waals surface area contributed by atoms with Gasteiger partial charge >= 0.3 is 6.09 Å². The van der Waals surface area contributed by atoms with Crippen LogP contribution in [0.15, 0.2) is 54.7 Å². The van der Waals surface area contributed by atoms with Crippen LogP contribution in [0.4, 0.5) is 25.1 Å². The second-order valence-electron chi connectivity index (χ2n) is 7.12. The molecule has 0 atom stereocenters. The molecule has 0 bridgehead atoms. The molecule has 3 N–H and O–H groups in total. The van der Waals surface area contributed by atoms with Crippen molar-refractivity contribution in [1.82, 2.24) is 25.2 Å². The van der Waals surface area contributed by atoms with Crippen LogP contribution < -0.4 is 10.6 Å². The number of tetrazole rings is 1. The summed E-state index contributed by atoms with van der Waals surface area (Å²) in [5.41, 5.74) is 7.99. The van der Waals surface area contributed by atoms with Crippen molar-refractivity contribution >= 4 is 17.6 Å². The number of amides is 1. The average Bonchev–Trinajstić information content (AvgIpc) is 3.31. The number of halogens is 2. The van der Waals surface area contributed by atoms with Crippen LogP contribution >= 0.6 is 0 Å². The molecule has 1 amide bonds. The molecule has 0 aliphatic rings. The number of anilines is 2. The van der Waals surface area contributed by atoms with Gasteiger partial charge in [0.25, 0.3) is 0 Å². The Bertz CT molecular complexity index is 1330. The molecule has 10 nitrogen and oxygen atoms in total. The summed E-state index contributed by atoms with van der Waals surface area (Å²) in [4.78, 5) is 16.9. The number of pyridine rings is 1. The van der Waals surface area contributed by atoms with Crippen molar-refractivity contribution in [2.24, 2.45) is 0 Å². The first-order chi connectivity index (χ1) is 16.4. The van der Waals surface area contributed by atoms with Crippen molar-refractivity contribution in [2.45, 2.75) is 0 Å². The molecule has 0 spiro atoms. The molecular weight excluding hydrogens is 448 g/mol. The van der Waals surface area contributed by atoms with E-state index in [0.717, 1.165) is 10.7 Å². The van der Waals surface area contributed by atoms with E-state index in [0.29, 0.717) is 22.4 Å². The summed E-state index contributed by atoms with van der Waals surface area (Å²) in [5.74, 6) is -1.99. The molecule has 12 heteroatoms. The zero-order valence-corrected chi connectivity index (χ0v) is 17.9. The first-order valence-electron chi connectivity index (χ1n) is 9.99. The Labute approximate surface area is 192 Å². The highest BCUT2D eigenvalue weighted by Crippen LogP contribution is 2.31. The highest BCUT2D eigenvalue weighted by molar-refractivity contribution is 5.86. The maximum Gasteiger partial charge on any atom is 0.411 e. The van der Waals surface area contributed by atoms with Gasteiger partial charge in [-0.15, -0.1) is 5.10 Å². The van der Waals surface area contributed by atoms with Gasteiger partial charge < -0.3 is 15.6 Å². The minimum atomic E-state index is -1.11. The Morgan fingerprint density at radius 2 is 1.94 bits per heavy atom. The van der Waals surface area contributed by atoms with Gasteiger partial charge in [0.2, 0.25) is 0 Å². The fraction of sp³-hybridized carbons (Fsp3) is 0.136. The fourth-order valence-electron chi connectivity index (χ4n) is 3.34. The normalized spacial score (nSPS) is 10.9. The first kappa shape index (κ1) is 22.7. The van der Waals surface area contributed by atoms with Crippen molar-refractivity contribution in [3.8, 4) is 28.2 Å². The zero-order valence-electron chi connectivity index (χ0n) is 17.9. The summed E-state index contributed by atoms with van der Waals surface area (Å²) < 4.78 is 34.1. The third kappa shape index (κ3) is 4.38. The second-order valence-corrected chi connectivity index (χ2v) is 7.12. The predicted molar refractivity (Wildman–Crippen MR) is 119 cm³/mol. The molecule has 2 heterocycles. The van der Waals surface area contributed by atoms with Crippen molar-refractivity contribution in [2.75, 3.05) is 30.9 Å². The third-order valence-corrected chi connectivity index (χ3v) is 5.05. The average molecular weight is 467 g/mol. The molecule has 0 saturated heterocycles. The van der Waals surface area contributed by atoms with Gasteiger partial charge in [-0.3, -0.25) is 4.90 Å². The van der Waals surface area contributed by atoms with Gasteiger partial charge in [-0.25, -0.2) is 18.6 Å². The summed E-state index contributed by atoms with van der Waals surface area (Å²) in [6.45, 7) is 0.429. The van der Waals surface area contributed by atoms with E-state index >= 15 is 0 Å². The Balaban J connectivity index is 1.70. The summed E-state index contributed by atoms with van der Waals surface area (Å²) in [6, 6.07) is 12.1. The van der Waals surface area contributed by atoms with Crippen LogP contribution in [0.2, 0.25) is 0 Å². The molecule has 2 aromatic carbocycles. The summed E-state index contributed by atoms with van der Waals surface area (Å²) in [6.07, 6.45) is 0.433. The van der Waals surface area contributed by atoms with Gasteiger partial charge in [0.1, 0.15) is 11.5 Å². The molecule has 0 unspecified atom stereocenters. The standard InChI is InChI=1S/C22H19F2N7O3/c1-34-10-9-30(22(32)33)15-7-5-13(6-8-15)14-11-16(20(25)26-12-14)21-27-28-29-31(21)18-4-2-3-17(23)19(18)24/h2-8,11-12H,9-10H2,1H3,(H2,25,26)(H,32,33). The summed E-state index contributed by atoms with van der Waals surface area (Å²) in [7, 11) is 1.49. The number of carboxylic acid groups (broad SMARTS) is 1. The van der Waals surface area contributed by atoms with Crippen molar-refractivity contribution in [3.05, 3.63) is 66.4 Å².